The Hall–Kier alpha value is -2.93. The molecule has 4 rings (SSSR count). The van der Waals surface area contributed by atoms with Crippen LogP contribution < -0.4 is 0 Å². The van der Waals surface area contributed by atoms with Crippen molar-refractivity contribution in [2.75, 3.05) is 0 Å². The molecule has 122 valence electrons. The van der Waals surface area contributed by atoms with Gasteiger partial charge in [-0.3, -0.25) is 4.79 Å². The average Bonchev–Trinajstić information content (AvgIpc) is 3.42. The number of ketones is 1. The van der Waals surface area contributed by atoms with Gasteiger partial charge < -0.3 is 0 Å². The van der Waals surface area contributed by atoms with Gasteiger partial charge in [-0.2, -0.15) is 0 Å². The molecule has 3 aromatic rings. The van der Waals surface area contributed by atoms with Gasteiger partial charge >= 0.3 is 0 Å². The van der Waals surface area contributed by atoms with Crippen molar-refractivity contribution in [3.05, 3.63) is 114 Å². The molecule has 1 saturated carbocycles. The molecule has 1 fully saturated rings. The first-order chi connectivity index (χ1) is 12.3. The van der Waals surface area contributed by atoms with E-state index in [2.05, 4.69) is 48.6 Å². The summed E-state index contributed by atoms with van der Waals surface area (Å²) in [6, 6.07) is 30.3. The number of carbonyl (C=O) groups excluding carboxylic acids is 1. The Morgan fingerprint density at radius 3 is 1.92 bits per heavy atom. The van der Waals surface area contributed by atoms with Crippen molar-refractivity contribution in [1.82, 2.24) is 0 Å². The molecule has 0 heterocycles. The van der Waals surface area contributed by atoms with E-state index < -0.39 is 0 Å². The molecule has 1 aliphatic rings. The number of rotatable bonds is 5. The second kappa shape index (κ2) is 6.90. The zero-order chi connectivity index (χ0) is 17.1. The van der Waals surface area contributed by atoms with Crippen LogP contribution in [0.5, 0.6) is 0 Å². The Labute approximate surface area is 148 Å². The molecule has 1 heteroatoms. The smallest absolute Gasteiger partial charge is 0.167 e. The summed E-state index contributed by atoms with van der Waals surface area (Å²) in [6.45, 7) is 0. The number of carbonyl (C=O) groups is 1. The number of hydrogen-bond acceptors (Lipinski definition) is 1. The molecular weight excluding hydrogens is 304 g/mol. The van der Waals surface area contributed by atoms with E-state index in [1.807, 2.05) is 54.6 Å². The quantitative estimate of drug-likeness (QED) is 0.557. The molecule has 0 aliphatic heterocycles. The predicted molar refractivity (Wildman–Crippen MR) is 102 cm³/mol. The molecule has 3 aromatic carbocycles. The van der Waals surface area contributed by atoms with E-state index in [4.69, 9.17) is 0 Å². The van der Waals surface area contributed by atoms with Crippen LogP contribution in [0.1, 0.15) is 27.4 Å². The molecule has 3 atom stereocenters. The fourth-order valence-electron chi connectivity index (χ4n) is 3.60. The van der Waals surface area contributed by atoms with E-state index in [1.54, 1.807) is 0 Å². The van der Waals surface area contributed by atoms with E-state index in [-0.39, 0.29) is 23.5 Å². The van der Waals surface area contributed by atoms with Crippen molar-refractivity contribution in [3.8, 4) is 0 Å². The van der Waals surface area contributed by atoms with E-state index in [0.29, 0.717) is 0 Å². The molecule has 0 N–H and O–H groups in total. The van der Waals surface area contributed by atoms with Gasteiger partial charge in [-0.1, -0.05) is 103 Å². The highest BCUT2D eigenvalue weighted by molar-refractivity contribution is 6.01. The van der Waals surface area contributed by atoms with Crippen LogP contribution in [0.4, 0.5) is 0 Å². The molecule has 0 spiro atoms. The molecule has 0 radical (unpaired) electrons. The molecule has 0 aromatic heterocycles. The lowest BCUT2D eigenvalue weighted by atomic mass is 10.0. The normalized spacial score (nSPS) is 22.0. The van der Waals surface area contributed by atoms with Crippen molar-refractivity contribution in [1.29, 1.82) is 0 Å². The van der Waals surface area contributed by atoms with E-state index >= 15 is 0 Å². The lowest BCUT2D eigenvalue weighted by Gasteiger charge is -2.00. The average molecular weight is 324 g/mol. The molecule has 0 amide bonds. The number of benzene rings is 3. The summed E-state index contributed by atoms with van der Waals surface area (Å²) < 4.78 is 0. The van der Waals surface area contributed by atoms with Crippen LogP contribution in [0.15, 0.2) is 97.1 Å². The molecule has 0 bridgehead atoms. The van der Waals surface area contributed by atoms with Crippen molar-refractivity contribution in [2.45, 2.75) is 5.92 Å². The zero-order valence-electron chi connectivity index (χ0n) is 14.0. The van der Waals surface area contributed by atoms with E-state index in [9.17, 15) is 4.79 Å². The maximum absolute atomic E-state index is 13.0. The van der Waals surface area contributed by atoms with Gasteiger partial charge in [0.05, 0.1) is 0 Å². The van der Waals surface area contributed by atoms with Crippen molar-refractivity contribution >= 4 is 11.9 Å². The third-order valence-electron chi connectivity index (χ3n) is 4.93. The maximum atomic E-state index is 13.0. The summed E-state index contributed by atoms with van der Waals surface area (Å²) in [7, 11) is 0. The van der Waals surface area contributed by atoms with Gasteiger partial charge in [0, 0.05) is 17.4 Å². The predicted octanol–water partition coefficient (Wildman–Crippen LogP) is 5.61. The summed E-state index contributed by atoms with van der Waals surface area (Å²) >= 11 is 0. The monoisotopic (exact) mass is 324 g/mol. The second-order valence-electron chi connectivity index (χ2n) is 6.54. The first-order valence-corrected chi connectivity index (χ1v) is 8.72. The van der Waals surface area contributed by atoms with Crippen LogP contribution in [0, 0.1) is 11.8 Å². The van der Waals surface area contributed by atoms with Gasteiger partial charge in [-0.25, -0.2) is 0 Å². The Balaban J connectivity index is 1.61. The summed E-state index contributed by atoms with van der Waals surface area (Å²) in [4.78, 5) is 13.0. The van der Waals surface area contributed by atoms with Gasteiger partial charge in [-0.05, 0) is 17.0 Å². The largest absolute Gasteiger partial charge is 0.294 e. The molecule has 25 heavy (non-hydrogen) atoms. The van der Waals surface area contributed by atoms with Crippen molar-refractivity contribution in [2.24, 2.45) is 11.8 Å². The summed E-state index contributed by atoms with van der Waals surface area (Å²) in [5.74, 6) is 0.811. The highest BCUT2D eigenvalue weighted by atomic mass is 16.1. The number of Topliss-reactive ketones (excluding diaryl/α,β-unsaturated/α-hetero) is 1. The SMILES string of the molecule is O=C(c1ccccc1)[C@H]1[C@H](/C=C/c2ccccc2)[C@@H]1c1ccccc1. The highest BCUT2D eigenvalue weighted by Gasteiger charge is 2.53. The lowest BCUT2D eigenvalue weighted by molar-refractivity contribution is 0.0961. The lowest BCUT2D eigenvalue weighted by Crippen LogP contribution is -2.03. The molecular formula is C24H20O. The molecule has 0 unspecified atom stereocenters. The van der Waals surface area contributed by atoms with E-state index in [0.717, 1.165) is 5.56 Å². The summed E-state index contributed by atoms with van der Waals surface area (Å²) in [5.41, 5.74) is 3.23. The number of hydrogen-bond donors (Lipinski definition) is 0. The zero-order valence-corrected chi connectivity index (χ0v) is 14.0. The summed E-state index contributed by atoms with van der Waals surface area (Å²) in [5, 5.41) is 0. The fourth-order valence-corrected chi connectivity index (χ4v) is 3.60. The van der Waals surface area contributed by atoms with Crippen LogP contribution in [-0.2, 0) is 0 Å². The Morgan fingerprint density at radius 1 is 0.720 bits per heavy atom. The van der Waals surface area contributed by atoms with Gasteiger partial charge in [0.1, 0.15) is 0 Å². The first kappa shape index (κ1) is 15.6. The maximum Gasteiger partial charge on any atom is 0.167 e. The van der Waals surface area contributed by atoms with Gasteiger partial charge in [0.25, 0.3) is 0 Å². The standard InChI is InChI=1S/C24H20O/c25-24(20-14-8-3-9-15-20)23-21(17-16-18-10-4-1-5-11-18)22(23)19-12-6-2-7-13-19/h1-17,21-23H/b17-16+/t21-,22+,23+/m1/s1. The van der Waals surface area contributed by atoms with Crippen LogP contribution in [0.3, 0.4) is 0 Å². The minimum atomic E-state index is 0.0322. The van der Waals surface area contributed by atoms with Crippen molar-refractivity contribution < 1.29 is 4.79 Å². The topological polar surface area (TPSA) is 17.1 Å². The Kier molecular flexibility index (Phi) is 4.30. The Bertz CT molecular complexity index is 866. The Morgan fingerprint density at radius 2 is 1.28 bits per heavy atom. The van der Waals surface area contributed by atoms with Crippen molar-refractivity contribution in [3.63, 3.8) is 0 Å². The van der Waals surface area contributed by atoms with Crippen LogP contribution in [-0.4, -0.2) is 5.78 Å². The second-order valence-corrected chi connectivity index (χ2v) is 6.54. The molecule has 1 nitrogen and oxygen atoms in total. The molecule has 1 aliphatic carbocycles. The summed E-state index contributed by atoms with van der Waals surface area (Å²) in [6.07, 6.45) is 4.34. The van der Waals surface area contributed by atoms with Crippen LogP contribution >= 0.6 is 0 Å². The third kappa shape index (κ3) is 3.32. The van der Waals surface area contributed by atoms with E-state index in [1.165, 1.54) is 11.1 Å². The van der Waals surface area contributed by atoms with Crippen LogP contribution in [0.2, 0.25) is 0 Å². The fraction of sp³-hybridized carbons (Fsp3) is 0.125. The van der Waals surface area contributed by atoms with Gasteiger partial charge in [0.2, 0.25) is 0 Å². The highest BCUT2D eigenvalue weighted by Crippen LogP contribution is 2.56. The van der Waals surface area contributed by atoms with Gasteiger partial charge in [-0.15, -0.1) is 0 Å². The third-order valence-corrected chi connectivity index (χ3v) is 4.93. The first-order valence-electron chi connectivity index (χ1n) is 8.72. The number of allylic oxidation sites excluding steroid dienone is 1. The van der Waals surface area contributed by atoms with Crippen LogP contribution in [0.25, 0.3) is 6.08 Å². The molecule has 0 saturated heterocycles. The van der Waals surface area contributed by atoms with Gasteiger partial charge in [0.15, 0.2) is 5.78 Å². The minimum absolute atomic E-state index is 0.0322. The minimum Gasteiger partial charge on any atom is -0.294 e.